The van der Waals surface area contributed by atoms with Gasteiger partial charge >= 0.3 is 0 Å². The number of nitrogens with one attached hydrogen (secondary N) is 2. The van der Waals surface area contributed by atoms with E-state index in [9.17, 15) is 18.3 Å². The molecule has 0 saturated carbocycles. The lowest BCUT2D eigenvalue weighted by atomic mass is 10.0. The van der Waals surface area contributed by atoms with Crippen LogP contribution >= 0.6 is 11.8 Å². The fourth-order valence-electron chi connectivity index (χ4n) is 5.95. The molecule has 0 radical (unpaired) electrons. The van der Waals surface area contributed by atoms with Crippen LogP contribution in [-0.4, -0.2) is 44.4 Å². The van der Waals surface area contributed by atoms with E-state index in [0.29, 0.717) is 23.4 Å². The number of thioether (sulfide) groups is 1. The third kappa shape index (κ3) is 9.68. The summed E-state index contributed by atoms with van der Waals surface area (Å²) in [6, 6.07) is 37.5. The van der Waals surface area contributed by atoms with E-state index < -0.39 is 28.3 Å². The van der Waals surface area contributed by atoms with Crippen LogP contribution in [0.4, 0.5) is 5.69 Å². The molecule has 6 rings (SSSR count). The molecule has 0 bridgehead atoms. The topological polar surface area (TPSA) is 123 Å². The van der Waals surface area contributed by atoms with Gasteiger partial charge < -0.3 is 24.6 Å². The number of aliphatic hydroxyl groups is 1. The molecule has 1 fully saturated rings. The van der Waals surface area contributed by atoms with Crippen molar-refractivity contribution in [3.8, 4) is 5.75 Å². The zero-order valence-corrected chi connectivity index (χ0v) is 30.6. The number of benzene rings is 5. The third-order valence-electron chi connectivity index (χ3n) is 8.76. The molecule has 0 unspecified atom stereocenters. The fourth-order valence-corrected chi connectivity index (χ4v) is 8.19. The molecule has 270 valence electrons. The number of para-hydroxylation sites is 1. The van der Waals surface area contributed by atoms with Gasteiger partial charge in [0.1, 0.15) is 11.8 Å². The van der Waals surface area contributed by atoms with Crippen LogP contribution in [0.5, 0.6) is 5.75 Å². The van der Waals surface area contributed by atoms with Crippen molar-refractivity contribution >= 4 is 33.4 Å². The van der Waals surface area contributed by atoms with Crippen LogP contribution in [0.25, 0.3) is 0 Å². The Labute approximate surface area is 309 Å². The lowest BCUT2D eigenvalue weighted by Gasteiger charge is -2.36. The zero-order chi connectivity index (χ0) is 36.5. The Bertz CT molecular complexity index is 2040. The maximum absolute atomic E-state index is 13.8. The maximum Gasteiger partial charge on any atom is 0.242 e. The number of rotatable bonds is 14. The van der Waals surface area contributed by atoms with Crippen LogP contribution in [0.1, 0.15) is 46.6 Å². The summed E-state index contributed by atoms with van der Waals surface area (Å²) in [4.78, 5) is 14.9. The molecular weight excluding hydrogens is 697 g/mol. The molecule has 1 saturated heterocycles. The maximum atomic E-state index is 13.8. The molecule has 5 aromatic carbocycles. The fraction of sp³-hybridized carbons (Fsp3) is 0.244. The molecule has 0 aliphatic carbocycles. The standard InChI is InChI=1S/C41H42N2O7S2/c1-28-15-21-35(22-16-28)52(46,47)43-36(23-29-9-4-3-5-10-29)40(45)42-33-12-8-11-32(24-33)41-49-34(27-51-39-14-7-6-13-37(39)48-2)25-38(50-41)31-19-17-30(26-44)18-20-31/h3-22,24,34,36,38,41,43-44H,23,25-27H2,1-2H3,(H,42,45)/t34-,36+,38+,41+/m0/s1. The first-order chi connectivity index (χ1) is 25.2. The number of carbonyl (C=O) groups excluding carboxylic acids is 1. The summed E-state index contributed by atoms with van der Waals surface area (Å²) in [5.41, 5.74) is 4.67. The summed E-state index contributed by atoms with van der Waals surface area (Å²) >= 11 is 1.65. The minimum atomic E-state index is -4.01. The van der Waals surface area contributed by atoms with Gasteiger partial charge in [0.05, 0.1) is 30.8 Å². The first-order valence-corrected chi connectivity index (χ1v) is 19.5. The van der Waals surface area contributed by atoms with Gasteiger partial charge in [-0.25, -0.2) is 8.42 Å². The van der Waals surface area contributed by atoms with Gasteiger partial charge in [0.25, 0.3) is 0 Å². The second kappa shape index (κ2) is 17.4. The number of aryl methyl sites for hydroxylation is 1. The molecular formula is C41H42N2O7S2. The Balaban J connectivity index is 1.22. The lowest BCUT2D eigenvalue weighted by Crippen LogP contribution is -2.45. The van der Waals surface area contributed by atoms with Gasteiger partial charge in [0, 0.05) is 28.3 Å². The number of hydrogen-bond acceptors (Lipinski definition) is 8. The van der Waals surface area contributed by atoms with Crippen LogP contribution in [-0.2, 0) is 37.3 Å². The van der Waals surface area contributed by atoms with Gasteiger partial charge in [0.2, 0.25) is 15.9 Å². The van der Waals surface area contributed by atoms with Gasteiger partial charge in [-0.2, -0.15) is 4.72 Å². The summed E-state index contributed by atoms with van der Waals surface area (Å²) < 4.78 is 48.1. The summed E-state index contributed by atoms with van der Waals surface area (Å²) in [6.45, 7) is 1.83. The van der Waals surface area contributed by atoms with Crippen molar-refractivity contribution in [2.45, 2.75) is 60.7 Å². The number of carbonyl (C=O) groups is 1. The van der Waals surface area contributed by atoms with E-state index in [1.165, 1.54) is 12.1 Å². The van der Waals surface area contributed by atoms with Crippen LogP contribution in [0.3, 0.4) is 0 Å². The van der Waals surface area contributed by atoms with E-state index in [2.05, 4.69) is 10.0 Å². The Hall–Kier alpha value is -4.49. The second-order valence-electron chi connectivity index (χ2n) is 12.6. The third-order valence-corrected chi connectivity index (χ3v) is 11.4. The molecule has 11 heteroatoms. The van der Waals surface area contributed by atoms with E-state index in [1.807, 2.05) is 91.9 Å². The van der Waals surface area contributed by atoms with E-state index in [1.54, 1.807) is 49.2 Å². The van der Waals surface area contributed by atoms with Crippen molar-refractivity contribution in [3.05, 3.63) is 155 Å². The van der Waals surface area contributed by atoms with Crippen LogP contribution in [0.15, 0.2) is 137 Å². The van der Waals surface area contributed by atoms with Crippen molar-refractivity contribution in [3.63, 3.8) is 0 Å². The predicted molar refractivity (Wildman–Crippen MR) is 203 cm³/mol. The lowest BCUT2D eigenvalue weighted by molar-refractivity contribution is -0.245. The summed E-state index contributed by atoms with van der Waals surface area (Å²) in [6.07, 6.45) is -0.485. The highest BCUT2D eigenvalue weighted by Gasteiger charge is 2.33. The Morgan fingerprint density at radius 3 is 2.33 bits per heavy atom. The summed E-state index contributed by atoms with van der Waals surface area (Å²) in [7, 11) is -2.35. The number of ether oxygens (including phenoxy) is 3. The molecule has 5 aromatic rings. The molecule has 9 nitrogen and oxygen atoms in total. The number of methoxy groups -OCH3 is 1. The van der Waals surface area contributed by atoms with Crippen LogP contribution in [0.2, 0.25) is 0 Å². The van der Waals surface area contributed by atoms with Gasteiger partial charge in [-0.1, -0.05) is 96.6 Å². The monoisotopic (exact) mass is 738 g/mol. The average Bonchev–Trinajstić information content (AvgIpc) is 3.17. The highest BCUT2D eigenvalue weighted by molar-refractivity contribution is 7.99. The number of sulfonamides is 1. The minimum absolute atomic E-state index is 0.0478. The quantitative estimate of drug-likeness (QED) is 0.101. The number of amides is 1. The van der Waals surface area contributed by atoms with Crippen molar-refractivity contribution in [1.29, 1.82) is 0 Å². The molecule has 52 heavy (non-hydrogen) atoms. The first kappa shape index (κ1) is 37.3. The summed E-state index contributed by atoms with van der Waals surface area (Å²) in [5.74, 6) is 0.932. The SMILES string of the molecule is COc1ccccc1SC[C@@H]1C[C@H](c2ccc(CO)cc2)O[C@H](c2cccc(NC(=O)[C@@H](Cc3ccccc3)NS(=O)(=O)c3ccc(C)cc3)c2)O1. The van der Waals surface area contributed by atoms with E-state index >= 15 is 0 Å². The van der Waals surface area contributed by atoms with Gasteiger partial charge in [-0.15, -0.1) is 11.8 Å². The smallest absolute Gasteiger partial charge is 0.242 e. The largest absolute Gasteiger partial charge is 0.496 e. The Morgan fingerprint density at radius 1 is 0.865 bits per heavy atom. The van der Waals surface area contributed by atoms with Crippen molar-refractivity contribution in [1.82, 2.24) is 4.72 Å². The van der Waals surface area contributed by atoms with Crippen molar-refractivity contribution in [2.24, 2.45) is 0 Å². The van der Waals surface area contributed by atoms with Crippen LogP contribution < -0.4 is 14.8 Å². The molecule has 1 amide bonds. The highest BCUT2D eigenvalue weighted by Crippen LogP contribution is 2.41. The molecule has 0 aromatic heterocycles. The van der Waals surface area contributed by atoms with E-state index in [4.69, 9.17) is 14.2 Å². The number of aliphatic hydroxyl groups excluding tert-OH is 1. The number of hydrogen-bond donors (Lipinski definition) is 3. The highest BCUT2D eigenvalue weighted by atomic mass is 32.2. The first-order valence-electron chi connectivity index (χ1n) is 17.0. The molecule has 1 aliphatic rings. The second-order valence-corrected chi connectivity index (χ2v) is 15.4. The van der Waals surface area contributed by atoms with Crippen molar-refractivity contribution in [2.75, 3.05) is 18.2 Å². The molecule has 4 atom stereocenters. The summed E-state index contributed by atoms with van der Waals surface area (Å²) in [5, 5.41) is 12.5. The predicted octanol–water partition coefficient (Wildman–Crippen LogP) is 7.36. The average molecular weight is 739 g/mol. The van der Waals surface area contributed by atoms with Crippen molar-refractivity contribution < 1.29 is 32.5 Å². The van der Waals surface area contributed by atoms with E-state index in [-0.39, 0.29) is 30.1 Å². The van der Waals surface area contributed by atoms with Crippen LogP contribution in [0, 0.1) is 6.92 Å². The molecule has 3 N–H and O–H groups in total. The molecule has 1 aliphatic heterocycles. The number of anilines is 1. The minimum Gasteiger partial charge on any atom is -0.496 e. The van der Waals surface area contributed by atoms with Gasteiger partial charge in [-0.05, 0) is 66.4 Å². The van der Waals surface area contributed by atoms with Gasteiger partial charge in [-0.3, -0.25) is 4.79 Å². The Kier molecular flexibility index (Phi) is 12.4. The normalized spacial score (nSPS) is 18.0. The molecule has 1 heterocycles. The van der Waals surface area contributed by atoms with Gasteiger partial charge in [0.15, 0.2) is 6.29 Å². The van der Waals surface area contributed by atoms with E-state index in [0.717, 1.165) is 32.9 Å². The molecule has 0 spiro atoms. The zero-order valence-electron chi connectivity index (χ0n) is 29.0. The Morgan fingerprint density at radius 2 is 1.60 bits per heavy atom.